The molecule has 0 bridgehead atoms. The van der Waals surface area contributed by atoms with E-state index in [0.29, 0.717) is 8.76 Å². The van der Waals surface area contributed by atoms with E-state index in [1.54, 1.807) is 0 Å². The second kappa shape index (κ2) is 5.11. The third-order valence-corrected chi connectivity index (χ3v) is 8.52. The van der Waals surface area contributed by atoms with Gasteiger partial charge in [0.15, 0.2) is 0 Å². The molecule has 8 heteroatoms. The first-order valence-corrected chi connectivity index (χ1v) is 10.9. The second-order valence-electron chi connectivity index (χ2n) is 3.19. The summed E-state index contributed by atoms with van der Waals surface area (Å²) in [6.45, 7) is 1.31. The van der Waals surface area contributed by atoms with Crippen molar-refractivity contribution < 1.29 is 40.9 Å². The number of hydrogen-bond donors (Lipinski definition) is 2. The summed E-state index contributed by atoms with van der Waals surface area (Å²) >= 11 is -2.13. The molecule has 84 valence electrons. The van der Waals surface area contributed by atoms with Crippen molar-refractivity contribution in [3.05, 3.63) is 18.2 Å². The molecule has 0 amide bonds. The van der Waals surface area contributed by atoms with Gasteiger partial charge in [-0.25, -0.2) is 0 Å². The Morgan fingerprint density at radius 3 is 2.56 bits per heavy atom. The van der Waals surface area contributed by atoms with Crippen LogP contribution >= 0.6 is 0 Å². The predicted octanol–water partition coefficient (Wildman–Crippen LogP) is -0.898. The zero-order valence-corrected chi connectivity index (χ0v) is 14.9. The summed E-state index contributed by atoms with van der Waals surface area (Å²) < 4.78 is 27.7. The zero-order chi connectivity index (χ0) is 12.3. The molecule has 0 aromatic heterocycles. The van der Waals surface area contributed by atoms with Gasteiger partial charge < -0.3 is 0 Å². The second-order valence-corrected chi connectivity index (χ2v) is 9.95. The van der Waals surface area contributed by atoms with Gasteiger partial charge in [-0.2, -0.15) is 0 Å². The Hall–Kier alpha value is -0.665. The molecule has 4 N–H and O–H groups in total. The van der Waals surface area contributed by atoms with E-state index in [9.17, 15) is 13.2 Å². The molecular weight excluding hydrogens is 421 g/mol. The van der Waals surface area contributed by atoms with Gasteiger partial charge in [0.2, 0.25) is 0 Å². The summed E-state index contributed by atoms with van der Waals surface area (Å²) in [5, 5.41) is 4.98. The molecule has 0 radical (unpaired) electrons. The van der Waals surface area contributed by atoms with Crippen LogP contribution in [0.15, 0.2) is 23.1 Å². The Kier molecular flexibility index (Phi) is 4.28. The third-order valence-electron chi connectivity index (χ3n) is 1.87. The first-order valence-electron chi connectivity index (χ1n) is 4.35. The number of nitrogens with two attached hydrogens (primary N) is 2. The van der Waals surface area contributed by atoms with Crippen molar-refractivity contribution in [2.24, 2.45) is 5.14 Å². The van der Waals surface area contributed by atoms with Crippen molar-refractivity contribution in [3.8, 4) is 0 Å². The molecule has 0 fully saturated rings. The molecule has 0 spiro atoms. The van der Waals surface area contributed by atoms with Crippen LogP contribution in [0, 0.1) is 0 Å². The van der Waals surface area contributed by atoms with Gasteiger partial charge in [0.05, 0.1) is 0 Å². The molecular formula is C8H10HgN2O4S. The van der Waals surface area contributed by atoms with E-state index >= 15 is 0 Å². The molecule has 6 nitrogen and oxygen atoms in total. The number of anilines is 1. The molecule has 0 aliphatic carbocycles. The van der Waals surface area contributed by atoms with Gasteiger partial charge in [0, 0.05) is 0 Å². The summed E-state index contributed by atoms with van der Waals surface area (Å²) in [5.41, 5.74) is 6.09. The fraction of sp³-hybridized carbons (Fsp3) is 0.125. The predicted molar refractivity (Wildman–Crippen MR) is 53.6 cm³/mol. The molecule has 0 atom stereocenters. The minimum absolute atomic E-state index is 0.0103. The SMILES string of the molecule is CC(=O)[O][Hg][c]1cc(S(N)(=O)=O)ccc1N. The van der Waals surface area contributed by atoms with E-state index in [0.717, 1.165) is 0 Å². The normalized spacial score (nSPS) is 10.6. The van der Waals surface area contributed by atoms with Crippen LogP contribution in [0.25, 0.3) is 0 Å². The van der Waals surface area contributed by atoms with E-state index in [2.05, 4.69) is 0 Å². The fourth-order valence-corrected chi connectivity index (χ4v) is 5.88. The number of primary sulfonamides is 1. The van der Waals surface area contributed by atoms with Crippen LogP contribution in [-0.4, -0.2) is 14.4 Å². The Balaban J connectivity index is 3.04. The van der Waals surface area contributed by atoms with E-state index in [1.807, 2.05) is 0 Å². The average molecular weight is 431 g/mol. The molecule has 0 saturated heterocycles. The molecule has 0 unspecified atom stereocenters. The van der Waals surface area contributed by atoms with Crippen LogP contribution < -0.4 is 13.9 Å². The van der Waals surface area contributed by atoms with Crippen LogP contribution in [0.4, 0.5) is 5.69 Å². The number of rotatable bonds is 3. The van der Waals surface area contributed by atoms with Crippen molar-refractivity contribution in [3.63, 3.8) is 0 Å². The Morgan fingerprint density at radius 2 is 2.06 bits per heavy atom. The molecule has 0 aliphatic rings. The third kappa shape index (κ3) is 3.73. The van der Waals surface area contributed by atoms with Crippen molar-refractivity contribution in [2.45, 2.75) is 11.8 Å². The number of benzene rings is 1. The van der Waals surface area contributed by atoms with E-state index in [4.69, 9.17) is 13.5 Å². The summed E-state index contributed by atoms with van der Waals surface area (Å²) in [7, 11) is -3.74. The number of sulfonamides is 1. The van der Waals surface area contributed by atoms with Crippen molar-refractivity contribution >= 4 is 24.8 Å². The number of carbonyl (C=O) groups is 1. The van der Waals surface area contributed by atoms with Crippen LogP contribution in [-0.2, 0) is 42.5 Å². The van der Waals surface area contributed by atoms with Crippen molar-refractivity contribution in [1.82, 2.24) is 0 Å². The Labute approximate surface area is 106 Å². The van der Waals surface area contributed by atoms with Gasteiger partial charge in [-0.05, 0) is 0 Å². The quantitative estimate of drug-likeness (QED) is 0.477. The summed E-state index contributed by atoms with van der Waals surface area (Å²) in [6, 6.07) is 4.17. The molecule has 0 saturated carbocycles. The molecule has 1 rings (SSSR count). The monoisotopic (exact) mass is 432 g/mol. The summed E-state index contributed by atoms with van der Waals surface area (Å²) in [4.78, 5) is 10.6. The van der Waals surface area contributed by atoms with Gasteiger partial charge in [-0.15, -0.1) is 0 Å². The van der Waals surface area contributed by atoms with E-state index < -0.39 is 35.1 Å². The first kappa shape index (κ1) is 13.4. The molecule has 1 aromatic carbocycles. The van der Waals surface area contributed by atoms with Gasteiger partial charge in [0.25, 0.3) is 0 Å². The Morgan fingerprint density at radius 1 is 1.44 bits per heavy atom. The van der Waals surface area contributed by atoms with Gasteiger partial charge in [0.1, 0.15) is 0 Å². The molecule has 0 aliphatic heterocycles. The average Bonchev–Trinajstić information content (AvgIpc) is 2.14. The van der Waals surface area contributed by atoms with Crippen LogP contribution in [0.1, 0.15) is 6.92 Å². The minimum atomic E-state index is -3.74. The number of nitrogen functional groups attached to an aromatic ring is 1. The van der Waals surface area contributed by atoms with E-state index in [1.165, 1.54) is 25.1 Å². The Bertz CT molecular complexity index is 515. The molecule has 16 heavy (non-hydrogen) atoms. The molecule has 1 aromatic rings. The van der Waals surface area contributed by atoms with Crippen LogP contribution in [0.5, 0.6) is 0 Å². The topological polar surface area (TPSA) is 112 Å². The zero-order valence-electron chi connectivity index (χ0n) is 8.64. The maximum absolute atomic E-state index is 11.1. The van der Waals surface area contributed by atoms with Gasteiger partial charge in [-0.1, -0.05) is 0 Å². The summed E-state index contributed by atoms with van der Waals surface area (Å²) in [5.74, 6) is -0.373. The number of hydrogen-bond acceptors (Lipinski definition) is 5. The van der Waals surface area contributed by atoms with E-state index in [-0.39, 0.29) is 10.9 Å². The molecule has 0 heterocycles. The maximum atomic E-state index is 11.1. The standard InChI is InChI=1S/C6H7N2O2S.C2H4O2.Hg/c7-5-1-3-6(4-2-5)11(8,9)10;1-2(3)4;/h1,3-4H,7H2,(H2,8,9,10);1H3,(H,3,4);/q;;+1/p-1. The van der Waals surface area contributed by atoms with Crippen molar-refractivity contribution in [2.75, 3.05) is 5.73 Å². The van der Waals surface area contributed by atoms with Gasteiger partial charge >= 0.3 is 107 Å². The van der Waals surface area contributed by atoms with Gasteiger partial charge in [-0.3, -0.25) is 0 Å². The number of carbonyl (C=O) groups excluding carboxylic acids is 1. The van der Waals surface area contributed by atoms with Crippen LogP contribution in [0.3, 0.4) is 0 Å². The van der Waals surface area contributed by atoms with Crippen molar-refractivity contribution in [1.29, 1.82) is 0 Å². The first-order chi connectivity index (χ1) is 7.30. The fourth-order valence-electron chi connectivity index (χ4n) is 1.06. The van der Waals surface area contributed by atoms with Crippen LogP contribution in [0.2, 0.25) is 0 Å². The summed E-state index contributed by atoms with van der Waals surface area (Å²) in [6.07, 6.45) is 0.